The van der Waals surface area contributed by atoms with Gasteiger partial charge in [-0.25, -0.2) is 0 Å². The minimum atomic E-state index is -0.231. The Morgan fingerprint density at radius 3 is 2.65 bits per heavy atom. The predicted molar refractivity (Wildman–Crippen MR) is 125 cm³/mol. The third kappa shape index (κ3) is 3.60. The van der Waals surface area contributed by atoms with Gasteiger partial charge in [0, 0.05) is 45.5 Å². The topological polar surface area (TPSA) is 58.0 Å². The standard InChI is InChI=1S/C26H21ClN2O2/c1-16-20-13-18(27)11-12-24(20)31-25(16)26(30)29-14-21(17-7-3-2-4-8-17)22-15-28-23-10-6-5-9-19(22)23/h2-13,15,21,28H,14H2,1H3,(H,29,30). The lowest BCUT2D eigenvalue weighted by Gasteiger charge is -2.18. The van der Waals surface area contributed by atoms with Gasteiger partial charge in [0.15, 0.2) is 5.76 Å². The highest BCUT2D eigenvalue weighted by molar-refractivity contribution is 6.31. The van der Waals surface area contributed by atoms with Crippen LogP contribution in [0, 0.1) is 6.92 Å². The number of H-pyrrole nitrogens is 1. The van der Waals surface area contributed by atoms with Gasteiger partial charge in [0.2, 0.25) is 0 Å². The maximum Gasteiger partial charge on any atom is 0.287 e. The lowest BCUT2D eigenvalue weighted by molar-refractivity contribution is 0.0926. The quantitative estimate of drug-likeness (QED) is 0.338. The molecule has 2 N–H and O–H groups in total. The van der Waals surface area contributed by atoms with Gasteiger partial charge in [-0.1, -0.05) is 60.1 Å². The molecule has 0 aliphatic carbocycles. The van der Waals surface area contributed by atoms with Crippen LogP contribution in [0.4, 0.5) is 0 Å². The normalized spacial score (nSPS) is 12.3. The van der Waals surface area contributed by atoms with Crippen LogP contribution in [-0.4, -0.2) is 17.4 Å². The summed E-state index contributed by atoms with van der Waals surface area (Å²) in [5.74, 6) is 0.0917. The minimum absolute atomic E-state index is 0.000397. The van der Waals surface area contributed by atoms with E-state index in [1.54, 1.807) is 12.1 Å². The first-order valence-electron chi connectivity index (χ1n) is 10.2. The second kappa shape index (κ2) is 7.97. The van der Waals surface area contributed by atoms with E-state index in [0.717, 1.165) is 33.0 Å². The number of hydrogen-bond acceptors (Lipinski definition) is 2. The number of carbonyl (C=O) groups is 1. The molecule has 2 heterocycles. The molecule has 2 aromatic heterocycles. The zero-order valence-electron chi connectivity index (χ0n) is 17.0. The van der Waals surface area contributed by atoms with Crippen LogP contribution in [-0.2, 0) is 0 Å². The van der Waals surface area contributed by atoms with Crippen LogP contribution in [0.5, 0.6) is 0 Å². The highest BCUT2D eigenvalue weighted by Crippen LogP contribution is 2.31. The Morgan fingerprint density at radius 2 is 1.81 bits per heavy atom. The van der Waals surface area contributed by atoms with Crippen LogP contribution in [0.2, 0.25) is 5.02 Å². The molecule has 5 rings (SSSR count). The molecular weight excluding hydrogens is 408 g/mol. The largest absolute Gasteiger partial charge is 0.451 e. The number of amides is 1. The Balaban J connectivity index is 1.47. The lowest BCUT2D eigenvalue weighted by Crippen LogP contribution is -2.29. The van der Waals surface area contributed by atoms with Crippen LogP contribution >= 0.6 is 11.6 Å². The Morgan fingerprint density at radius 1 is 1.03 bits per heavy atom. The fourth-order valence-corrected chi connectivity index (χ4v) is 4.33. The number of rotatable bonds is 5. The second-order valence-electron chi connectivity index (χ2n) is 7.66. The summed E-state index contributed by atoms with van der Waals surface area (Å²) in [5, 5.41) is 5.71. The molecule has 0 saturated carbocycles. The maximum absolute atomic E-state index is 13.0. The summed E-state index contributed by atoms with van der Waals surface area (Å²) in [5.41, 5.74) is 4.81. The van der Waals surface area contributed by atoms with Crippen molar-refractivity contribution in [1.29, 1.82) is 0 Å². The fraction of sp³-hybridized carbons (Fsp3) is 0.115. The molecule has 0 aliphatic rings. The highest BCUT2D eigenvalue weighted by atomic mass is 35.5. The molecule has 0 spiro atoms. The van der Waals surface area contributed by atoms with Gasteiger partial charge in [-0.2, -0.15) is 0 Å². The number of furan rings is 1. The summed E-state index contributed by atoms with van der Waals surface area (Å²) in [6, 6.07) is 23.8. The number of aromatic amines is 1. The number of nitrogens with one attached hydrogen (secondary N) is 2. The Labute approximate surface area is 184 Å². The summed E-state index contributed by atoms with van der Waals surface area (Å²) in [6.07, 6.45) is 2.03. The molecule has 154 valence electrons. The molecular formula is C26H21ClN2O2. The molecule has 31 heavy (non-hydrogen) atoms. The van der Waals surface area contributed by atoms with E-state index in [0.29, 0.717) is 22.9 Å². The number of halogens is 1. The van der Waals surface area contributed by atoms with Crippen LogP contribution < -0.4 is 5.32 Å². The summed E-state index contributed by atoms with van der Waals surface area (Å²) < 4.78 is 5.84. The smallest absolute Gasteiger partial charge is 0.287 e. The highest BCUT2D eigenvalue weighted by Gasteiger charge is 2.22. The van der Waals surface area contributed by atoms with E-state index >= 15 is 0 Å². The van der Waals surface area contributed by atoms with E-state index in [4.69, 9.17) is 16.0 Å². The van der Waals surface area contributed by atoms with E-state index in [9.17, 15) is 4.79 Å². The van der Waals surface area contributed by atoms with Gasteiger partial charge < -0.3 is 14.7 Å². The van der Waals surface area contributed by atoms with Crippen LogP contribution in [0.15, 0.2) is 83.4 Å². The molecule has 5 heteroatoms. The predicted octanol–water partition coefficient (Wildman–Crippen LogP) is 6.44. The van der Waals surface area contributed by atoms with E-state index in [1.165, 1.54) is 0 Å². The van der Waals surface area contributed by atoms with Gasteiger partial charge in [0.25, 0.3) is 5.91 Å². The van der Waals surface area contributed by atoms with Gasteiger partial charge >= 0.3 is 0 Å². The molecule has 1 unspecified atom stereocenters. The van der Waals surface area contributed by atoms with Crippen molar-refractivity contribution in [2.75, 3.05) is 6.54 Å². The molecule has 4 nitrogen and oxygen atoms in total. The number of carbonyl (C=O) groups excluding carboxylic acids is 1. The molecule has 0 bridgehead atoms. The Bertz CT molecular complexity index is 1380. The molecule has 0 radical (unpaired) electrons. The van der Waals surface area contributed by atoms with Crippen molar-refractivity contribution in [2.24, 2.45) is 0 Å². The molecule has 0 saturated heterocycles. The van der Waals surface area contributed by atoms with Crippen molar-refractivity contribution in [2.45, 2.75) is 12.8 Å². The number of aryl methyl sites for hydroxylation is 1. The maximum atomic E-state index is 13.0. The molecule has 1 amide bonds. The van der Waals surface area contributed by atoms with Crippen molar-refractivity contribution in [1.82, 2.24) is 10.3 Å². The zero-order valence-corrected chi connectivity index (χ0v) is 17.7. The number of hydrogen-bond donors (Lipinski definition) is 2. The number of aromatic nitrogens is 1. The minimum Gasteiger partial charge on any atom is -0.451 e. The van der Waals surface area contributed by atoms with E-state index in [2.05, 4.69) is 34.6 Å². The molecule has 0 aliphatic heterocycles. The van der Waals surface area contributed by atoms with E-state index in [-0.39, 0.29) is 11.8 Å². The summed E-state index contributed by atoms with van der Waals surface area (Å²) >= 11 is 6.11. The van der Waals surface area contributed by atoms with Gasteiger partial charge in [0.05, 0.1) is 0 Å². The fourth-order valence-electron chi connectivity index (χ4n) is 4.16. The SMILES string of the molecule is Cc1c(C(=O)NCC(c2ccccc2)c2c[nH]c3ccccc23)oc2ccc(Cl)cc12. The first-order chi connectivity index (χ1) is 15.1. The Kier molecular flexibility index (Phi) is 5.00. The molecule has 5 aromatic rings. The van der Waals surface area contributed by atoms with E-state index < -0.39 is 0 Å². The zero-order chi connectivity index (χ0) is 21.4. The first-order valence-corrected chi connectivity index (χ1v) is 10.6. The van der Waals surface area contributed by atoms with Gasteiger partial charge in [-0.05, 0) is 42.3 Å². The average molecular weight is 429 g/mol. The van der Waals surface area contributed by atoms with Crippen molar-refractivity contribution >= 4 is 39.4 Å². The lowest BCUT2D eigenvalue weighted by atomic mass is 9.91. The van der Waals surface area contributed by atoms with Crippen LogP contribution in [0.1, 0.15) is 33.2 Å². The third-order valence-corrected chi connectivity index (χ3v) is 6.00. The second-order valence-corrected chi connectivity index (χ2v) is 8.10. The molecule has 0 fully saturated rings. The van der Waals surface area contributed by atoms with Gasteiger partial charge in [-0.3, -0.25) is 4.79 Å². The van der Waals surface area contributed by atoms with Gasteiger partial charge in [0.1, 0.15) is 5.58 Å². The number of fused-ring (bicyclic) bond motifs is 2. The summed E-state index contributed by atoms with van der Waals surface area (Å²) in [7, 11) is 0. The summed E-state index contributed by atoms with van der Waals surface area (Å²) in [4.78, 5) is 16.4. The number of para-hydroxylation sites is 1. The van der Waals surface area contributed by atoms with Crippen LogP contribution in [0.3, 0.4) is 0 Å². The first kappa shape index (κ1) is 19.5. The van der Waals surface area contributed by atoms with Crippen molar-refractivity contribution in [3.05, 3.63) is 106 Å². The van der Waals surface area contributed by atoms with E-state index in [1.807, 2.05) is 49.5 Å². The van der Waals surface area contributed by atoms with Crippen LogP contribution in [0.25, 0.3) is 21.9 Å². The summed E-state index contributed by atoms with van der Waals surface area (Å²) in [6.45, 7) is 2.33. The Hall–Kier alpha value is -3.50. The third-order valence-electron chi connectivity index (χ3n) is 5.77. The number of benzene rings is 3. The molecule has 3 aromatic carbocycles. The average Bonchev–Trinajstić information content (AvgIpc) is 3.36. The van der Waals surface area contributed by atoms with Crippen molar-refractivity contribution in [3.63, 3.8) is 0 Å². The van der Waals surface area contributed by atoms with Gasteiger partial charge in [-0.15, -0.1) is 0 Å². The van der Waals surface area contributed by atoms with Crippen molar-refractivity contribution < 1.29 is 9.21 Å². The monoisotopic (exact) mass is 428 g/mol. The molecule has 1 atom stereocenters. The van der Waals surface area contributed by atoms with Crippen molar-refractivity contribution in [3.8, 4) is 0 Å².